The average Bonchev–Trinajstić information content (AvgIpc) is 2.32. The topological polar surface area (TPSA) is 64.3 Å². The molecule has 0 heterocycles. The maximum absolute atomic E-state index is 10.9. The maximum atomic E-state index is 10.9. The van der Waals surface area contributed by atoms with Gasteiger partial charge in [0.25, 0.3) is 0 Å². The van der Waals surface area contributed by atoms with Gasteiger partial charge in [0.15, 0.2) is 0 Å². The summed E-state index contributed by atoms with van der Waals surface area (Å²) < 4.78 is 5.16. The molecule has 0 spiro atoms. The van der Waals surface area contributed by atoms with Crippen LogP contribution in [0.25, 0.3) is 0 Å². The first-order valence-electron chi connectivity index (χ1n) is 4.88. The fourth-order valence-corrected chi connectivity index (χ4v) is 1.65. The molecular formula is C9H18N2O2. The lowest BCUT2D eigenvalue weighted by molar-refractivity contribution is 0.0799. The van der Waals surface area contributed by atoms with Crippen LogP contribution in [0.4, 0.5) is 4.79 Å². The molecule has 1 fully saturated rings. The molecule has 76 valence electrons. The molecule has 1 aliphatic rings. The molecule has 1 rings (SSSR count). The number of nitrogens with two attached hydrogens (primary N) is 1. The van der Waals surface area contributed by atoms with Crippen molar-refractivity contribution in [3.63, 3.8) is 0 Å². The quantitative estimate of drug-likeness (QED) is 0.600. The number of nitrogens with one attached hydrogen (secondary N) is 1. The molecule has 2 unspecified atom stereocenters. The van der Waals surface area contributed by atoms with Gasteiger partial charge in [-0.1, -0.05) is 12.8 Å². The number of hydrogen-bond acceptors (Lipinski definition) is 3. The molecule has 1 aliphatic carbocycles. The number of ether oxygens (including phenoxy) is 1. The van der Waals surface area contributed by atoms with Crippen molar-refractivity contribution in [2.45, 2.75) is 44.2 Å². The van der Waals surface area contributed by atoms with Gasteiger partial charge in [-0.05, 0) is 19.3 Å². The van der Waals surface area contributed by atoms with Gasteiger partial charge >= 0.3 is 6.09 Å². The number of rotatable bonds is 1. The van der Waals surface area contributed by atoms with Crippen molar-refractivity contribution in [3.8, 4) is 0 Å². The van der Waals surface area contributed by atoms with E-state index in [9.17, 15) is 4.79 Å². The third-order valence-corrected chi connectivity index (χ3v) is 2.47. The van der Waals surface area contributed by atoms with Gasteiger partial charge in [0.2, 0.25) is 0 Å². The molecule has 0 aromatic rings. The minimum atomic E-state index is -0.373. The molecule has 0 bridgehead atoms. The summed E-state index contributed by atoms with van der Waals surface area (Å²) in [4.78, 5) is 10.9. The highest BCUT2D eigenvalue weighted by atomic mass is 16.6. The second-order valence-electron chi connectivity index (χ2n) is 3.50. The molecule has 3 N–H and O–H groups in total. The molecule has 1 saturated carbocycles. The Labute approximate surface area is 78.8 Å². The molecular weight excluding hydrogens is 168 g/mol. The number of amides is 1. The van der Waals surface area contributed by atoms with Gasteiger partial charge in [-0.15, -0.1) is 0 Å². The Hall–Kier alpha value is -0.770. The van der Waals surface area contributed by atoms with Crippen LogP contribution in [-0.4, -0.2) is 25.3 Å². The van der Waals surface area contributed by atoms with E-state index in [0.717, 1.165) is 25.7 Å². The first-order valence-corrected chi connectivity index (χ1v) is 4.88. The molecule has 4 nitrogen and oxygen atoms in total. The van der Waals surface area contributed by atoms with Crippen LogP contribution in [0, 0.1) is 0 Å². The predicted molar refractivity (Wildman–Crippen MR) is 50.4 cm³/mol. The zero-order valence-corrected chi connectivity index (χ0v) is 8.08. The van der Waals surface area contributed by atoms with E-state index in [2.05, 4.69) is 5.32 Å². The van der Waals surface area contributed by atoms with Crippen LogP contribution in [-0.2, 0) is 4.74 Å². The summed E-state index contributed by atoms with van der Waals surface area (Å²) in [6, 6.07) is 0.0137. The molecule has 0 radical (unpaired) electrons. The Kier molecular flexibility index (Phi) is 4.02. The lowest BCUT2D eigenvalue weighted by Gasteiger charge is -2.21. The van der Waals surface area contributed by atoms with Crippen LogP contribution in [0.3, 0.4) is 0 Å². The lowest BCUT2D eigenvalue weighted by Crippen LogP contribution is -2.39. The van der Waals surface area contributed by atoms with E-state index in [0.29, 0.717) is 0 Å². The van der Waals surface area contributed by atoms with Crippen molar-refractivity contribution in [1.29, 1.82) is 0 Å². The average molecular weight is 186 g/mol. The van der Waals surface area contributed by atoms with E-state index in [1.165, 1.54) is 6.42 Å². The van der Waals surface area contributed by atoms with Crippen molar-refractivity contribution < 1.29 is 9.53 Å². The van der Waals surface area contributed by atoms with E-state index in [-0.39, 0.29) is 18.2 Å². The predicted octanol–water partition coefficient (Wildman–Crippen LogP) is 1.00. The Morgan fingerprint density at radius 1 is 1.38 bits per heavy atom. The van der Waals surface area contributed by atoms with E-state index in [4.69, 9.17) is 10.5 Å². The summed E-state index contributed by atoms with van der Waals surface area (Å²) in [6.45, 7) is 0. The van der Waals surface area contributed by atoms with Gasteiger partial charge in [0, 0.05) is 13.1 Å². The molecule has 0 aromatic heterocycles. The molecule has 1 amide bonds. The summed E-state index contributed by atoms with van der Waals surface area (Å²) in [5.41, 5.74) is 5.88. The highest BCUT2D eigenvalue weighted by Crippen LogP contribution is 2.19. The van der Waals surface area contributed by atoms with Crippen molar-refractivity contribution in [3.05, 3.63) is 0 Å². The highest BCUT2D eigenvalue weighted by Gasteiger charge is 2.23. The zero-order valence-electron chi connectivity index (χ0n) is 8.08. The van der Waals surface area contributed by atoms with E-state index in [1.807, 2.05) is 0 Å². The number of carbonyl (C=O) groups is 1. The summed E-state index contributed by atoms with van der Waals surface area (Å²) in [6.07, 6.45) is 4.84. The van der Waals surface area contributed by atoms with E-state index < -0.39 is 0 Å². The summed E-state index contributed by atoms with van der Waals surface area (Å²) in [5, 5.41) is 2.44. The van der Waals surface area contributed by atoms with Gasteiger partial charge in [0.05, 0.1) is 0 Å². The summed E-state index contributed by atoms with van der Waals surface area (Å²) in [7, 11) is 1.56. The van der Waals surface area contributed by atoms with Gasteiger partial charge in [-0.3, -0.25) is 0 Å². The number of carbonyl (C=O) groups excluding carboxylic acids is 1. The van der Waals surface area contributed by atoms with Crippen LogP contribution < -0.4 is 11.1 Å². The van der Waals surface area contributed by atoms with Crippen molar-refractivity contribution in [2.75, 3.05) is 7.05 Å². The SMILES string of the molecule is CNC(=O)OC1CCCCCC1N. The van der Waals surface area contributed by atoms with Crippen molar-refractivity contribution in [2.24, 2.45) is 5.73 Å². The van der Waals surface area contributed by atoms with E-state index in [1.54, 1.807) is 7.05 Å². The monoisotopic (exact) mass is 186 g/mol. The van der Waals surface area contributed by atoms with Crippen molar-refractivity contribution in [1.82, 2.24) is 5.32 Å². The standard InChI is InChI=1S/C9H18N2O2/c1-11-9(12)13-8-6-4-2-3-5-7(8)10/h7-8H,2-6,10H2,1H3,(H,11,12). The highest BCUT2D eigenvalue weighted by molar-refractivity contribution is 5.66. The second-order valence-corrected chi connectivity index (χ2v) is 3.50. The molecule has 2 atom stereocenters. The molecule has 0 aromatic carbocycles. The maximum Gasteiger partial charge on any atom is 0.407 e. The van der Waals surface area contributed by atoms with Gasteiger partial charge in [-0.25, -0.2) is 4.79 Å². The normalized spacial score (nSPS) is 29.1. The first kappa shape index (κ1) is 10.3. The Bertz CT molecular complexity index is 173. The largest absolute Gasteiger partial charge is 0.445 e. The van der Waals surface area contributed by atoms with Gasteiger partial charge < -0.3 is 15.8 Å². The third kappa shape index (κ3) is 3.22. The summed E-state index contributed by atoms with van der Waals surface area (Å²) in [5.74, 6) is 0. The van der Waals surface area contributed by atoms with Crippen LogP contribution >= 0.6 is 0 Å². The molecule has 4 heteroatoms. The lowest BCUT2D eigenvalue weighted by atomic mass is 10.1. The number of hydrogen-bond donors (Lipinski definition) is 2. The van der Waals surface area contributed by atoms with Crippen LogP contribution in [0.5, 0.6) is 0 Å². The fraction of sp³-hybridized carbons (Fsp3) is 0.889. The fourth-order valence-electron chi connectivity index (χ4n) is 1.65. The smallest absolute Gasteiger partial charge is 0.407 e. The Morgan fingerprint density at radius 3 is 2.77 bits per heavy atom. The van der Waals surface area contributed by atoms with E-state index >= 15 is 0 Å². The summed E-state index contributed by atoms with van der Waals surface area (Å²) >= 11 is 0. The van der Waals surface area contributed by atoms with Crippen LogP contribution in [0.1, 0.15) is 32.1 Å². The Balaban J connectivity index is 2.40. The minimum Gasteiger partial charge on any atom is -0.445 e. The molecule has 13 heavy (non-hydrogen) atoms. The minimum absolute atomic E-state index is 0.0137. The van der Waals surface area contributed by atoms with Gasteiger partial charge in [-0.2, -0.15) is 0 Å². The first-order chi connectivity index (χ1) is 6.24. The van der Waals surface area contributed by atoms with Gasteiger partial charge in [0.1, 0.15) is 6.10 Å². The van der Waals surface area contributed by atoms with Crippen molar-refractivity contribution >= 4 is 6.09 Å². The third-order valence-electron chi connectivity index (χ3n) is 2.47. The molecule has 0 saturated heterocycles. The van der Waals surface area contributed by atoms with Crippen LogP contribution in [0.15, 0.2) is 0 Å². The molecule has 0 aliphatic heterocycles. The zero-order chi connectivity index (χ0) is 9.68. The second kappa shape index (κ2) is 5.07. The van der Waals surface area contributed by atoms with Crippen LogP contribution in [0.2, 0.25) is 0 Å². The number of alkyl carbamates (subject to hydrolysis) is 1. The Morgan fingerprint density at radius 2 is 2.08 bits per heavy atom.